The van der Waals surface area contributed by atoms with Gasteiger partial charge >= 0.3 is 15.2 Å². The highest BCUT2D eigenvalue weighted by molar-refractivity contribution is 7.52. The van der Waals surface area contributed by atoms with Gasteiger partial charge in [-0.05, 0) is 0 Å². The second-order valence-corrected chi connectivity index (χ2v) is 8.37. The van der Waals surface area contributed by atoms with Crippen LogP contribution in [0.5, 0.6) is 0 Å². The maximum atomic E-state index is 11.0. The van der Waals surface area contributed by atoms with Gasteiger partial charge in [-0.25, -0.2) is 0 Å². The summed E-state index contributed by atoms with van der Waals surface area (Å²) < 4.78 is 22.0. The van der Waals surface area contributed by atoms with Crippen molar-refractivity contribution in [1.29, 1.82) is 0 Å². The molecule has 0 unspecified atom stereocenters. The monoisotopic (exact) mass is 336 g/mol. The van der Waals surface area contributed by atoms with Gasteiger partial charge in [-0.2, -0.15) is 0 Å². The maximum absolute atomic E-state index is 11.0. The first-order chi connectivity index (χ1) is 8.83. The molecule has 0 amide bonds. The molecule has 120 valence electrons. The van der Waals surface area contributed by atoms with Crippen molar-refractivity contribution in [1.82, 2.24) is 0 Å². The average molecular weight is 336 g/mol. The van der Waals surface area contributed by atoms with E-state index in [-0.39, 0.29) is 0 Å². The molecule has 0 radical (unpaired) electrons. The fourth-order valence-corrected chi connectivity index (χ4v) is 4.53. The summed E-state index contributed by atoms with van der Waals surface area (Å²) in [5.74, 6) is -2.92. The fraction of sp³-hybridized carbons (Fsp3) is 1.00. The Labute approximate surface area is 114 Å². The van der Waals surface area contributed by atoms with Crippen molar-refractivity contribution in [3.63, 3.8) is 0 Å². The predicted octanol–water partition coefficient (Wildman–Crippen LogP) is -2.97. The summed E-state index contributed by atoms with van der Waals surface area (Å²) in [6.07, 6.45) is -9.32. The third-order valence-electron chi connectivity index (χ3n) is 3.37. The Morgan fingerprint density at radius 3 is 1.05 bits per heavy atom. The lowest BCUT2D eigenvalue weighted by Crippen LogP contribution is -2.60. The van der Waals surface area contributed by atoms with Gasteiger partial charge in [0.15, 0.2) is 0 Å². The SMILES string of the molecule is O=P(O)(O)C[C@@H]1[C@@H](O)[C@H](O)[C@H](O)[C@H](O)[C@H]1CP(=O)(O)O. The van der Waals surface area contributed by atoms with Gasteiger partial charge in [-0.15, -0.1) is 0 Å². The van der Waals surface area contributed by atoms with Crippen LogP contribution in [0, 0.1) is 11.8 Å². The van der Waals surface area contributed by atoms with E-state index in [0.29, 0.717) is 0 Å². The van der Waals surface area contributed by atoms with Crippen molar-refractivity contribution in [2.45, 2.75) is 24.4 Å². The highest BCUT2D eigenvalue weighted by atomic mass is 31.2. The van der Waals surface area contributed by atoms with Crippen molar-refractivity contribution < 1.29 is 49.1 Å². The summed E-state index contributed by atoms with van der Waals surface area (Å²) >= 11 is 0. The summed E-state index contributed by atoms with van der Waals surface area (Å²) in [7, 11) is -9.33. The van der Waals surface area contributed by atoms with Crippen LogP contribution >= 0.6 is 15.2 Å². The minimum Gasteiger partial charge on any atom is -0.390 e. The van der Waals surface area contributed by atoms with Crippen molar-refractivity contribution in [3.8, 4) is 0 Å². The summed E-state index contributed by atoms with van der Waals surface area (Å²) in [4.78, 5) is 35.7. The average Bonchev–Trinajstić information content (AvgIpc) is 2.25. The summed E-state index contributed by atoms with van der Waals surface area (Å²) in [5, 5.41) is 38.5. The first-order valence-electron chi connectivity index (χ1n) is 5.65. The zero-order valence-corrected chi connectivity index (χ0v) is 12.0. The zero-order chi connectivity index (χ0) is 15.9. The van der Waals surface area contributed by atoms with E-state index in [0.717, 1.165) is 0 Å². The van der Waals surface area contributed by atoms with Crippen molar-refractivity contribution in [2.75, 3.05) is 12.3 Å². The highest BCUT2D eigenvalue weighted by Crippen LogP contribution is 2.48. The molecule has 6 atom stereocenters. The fourth-order valence-electron chi connectivity index (χ4n) is 2.45. The van der Waals surface area contributed by atoms with Crippen molar-refractivity contribution >= 4 is 15.2 Å². The van der Waals surface area contributed by atoms with E-state index in [9.17, 15) is 29.6 Å². The molecule has 1 rings (SSSR count). The van der Waals surface area contributed by atoms with Crippen LogP contribution in [0.4, 0.5) is 0 Å². The Morgan fingerprint density at radius 2 is 0.850 bits per heavy atom. The first kappa shape index (κ1) is 18.2. The highest BCUT2D eigenvalue weighted by Gasteiger charge is 2.51. The van der Waals surface area contributed by atoms with E-state index >= 15 is 0 Å². The molecular weight excluding hydrogens is 318 g/mol. The lowest BCUT2D eigenvalue weighted by Gasteiger charge is -2.44. The van der Waals surface area contributed by atoms with Gasteiger partial charge < -0.3 is 40.0 Å². The summed E-state index contributed by atoms with van der Waals surface area (Å²) in [6.45, 7) is 0. The number of aliphatic hydroxyl groups is 4. The molecule has 1 aliphatic rings. The smallest absolute Gasteiger partial charge is 0.325 e. The second kappa shape index (κ2) is 6.10. The Hall–Kier alpha value is 0.140. The molecular formula is C8H18O10P2. The molecule has 1 aliphatic carbocycles. The lowest BCUT2D eigenvalue weighted by atomic mass is 9.74. The quantitative estimate of drug-likeness (QED) is 0.245. The van der Waals surface area contributed by atoms with Crippen LogP contribution in [-0.4, -0.2) is 76.7 Å². The van der Waals surface area contributed by atoms with Crippen molar-refractivity contribution in [2.24, 2.45) is 11.8 Å². The Balaban J connectivity index is 3.09. The Bertz CT molecular complexity index is 389. The van der Waals surface area contributed by atoms with Gasteiger partial charge in [0.1, 0.15) is 12.2 Å². The van der Waals surface area contributed by atoms with Crippen LogP contribution in [0.3, 0.4) is 0 Å². The van der Waals surface area contributed by atoms with Crippen LogP contribution in [0.2, 0.25) is 0 Å². The molecule has 0 aromatic carbocycles. The van der Waals surface area contributed by atoms with Crippen LogP contribution in [0.1, 0.15) is 0 Å². The molecule has 0 aromatic rings. The Morgan fingerprint density at radius 1 is 0.600 bits per heavy atom. The van der Waals surface area contributed by atoms with Crippen molar-refractivity contribution in [3.05, 3.63) is 0 Å². The predicted molar refractivity (Wildman–Crippen MR) is 64.8 cm³/mol. The number of rotatable bonds is 4. The number of hydrogen-bond donors (Lipinski definition) is 8. The van der Waals surface area contributed by atoms with Gasteiger partial charge in [0.25, 0.3) is 0 Å². The normalized spacial score (nSPS) is 39.8. The molecule has 1 saturated carbocycles. The third-order valence-corrected chi connectivity index (χ3v) is 5.17. The Kier molecular flexibility index (Phi) is 5.55. The molecule has 0 bridgehead atoms. The second-order valence-electron chi connectivity index (χ2n) is 4.98. The molecule has 0 saturated heterocycles. The van der Waals surface area contributed by atoms with Crippen LogP contribution in [0.15, 0.2) is 0 Å². The minimum atomic E-state index is -4.66. The molecule has 0 aliphatic heterocycles. The topological polar surface area (TPSA) is 196 Å². The van der Waals surface area contributed by atoms with E-state index in [4.69, 9.17) is 19.6 Å². The molecule has 0 aromatic heterocycles. The molecule has 1 fully saturated rings. The largest absolute Gasteiger partial charge is 0.390 e. The molecule has 0 spiro atoms. The van der Waals surface area contributed by atoms with E-state index in [2.05, 4.69) is 0 Å². The molecule has 12 heteroatoms. The van der Waals surface area contributed by atoms with Gasteiger partial charge in [0.2, 0.25) is 0 Å². The minimum absolute atomic E-state index is 0.973. The van der Waals surface area contributed by atoms with Gasteiger partial charge in [-0.1, -0.05) is 0 Å². The molecule has 20 heavy (non-hydrogen) atoms. The zero-order valence-electron chi connectivity index (χ0n) is 10.2. The standard InChI is InChI=1S/C8H18O10P2/c9-5-3(1-19(13,14)15)4(2-20(16,17)18)6(10)8(12)7(5)11/h3-12H,1-2H2,(H2,13,14,15)(H2,16,17,18)/t3-,4-,5+,6+,7-,8+/m0/s1. The van der Waals surface area contributed by atoms with Crippen LogP contribution in [-0.2, 0) is 9.13 Å². The lowest BCUT2D eigenvalue weighted by molar-refractivity contribution is -0.175. The van der Waals surface area contributed by atoms with Crippen LogP contribution in [0.25, 0.3) is 0 Å². The van der Waals surface area contributed by atoms with E-state index in [1.165, 1.54) is 0 Å². The molecule has 8 N–H and O–H groups in total. The molecule has 10 nitrogen and oxygen atoms in total. The van der Waals surface area contributed by atoms with Gasteiger partial charge in [0, 0.05) is 11.8 Å². The molecule has 0 heterocycles. The third kappa shape index (κ3) is 4.57. The maximum Gasteiger partial charge on any atom is 0.325 e. The van der Waals surface area contributed by atoms with E-state index < -0.39 is 63.8 Å². The summed E-state index contributed by atoms with van der Waals surface area (Å²) in [5.41, 5.74) is 0. The number of hydrogen-bond acceptors (Lipinski definition) is 6. The summed E-state index contributed by atoms with van der Waals surface area (Å²) in [6, 6.07) is 0. The van der Waals surface area contributed by atoms with E-state index in [1.807, 2.05) is 0 Å². The van der Waals surface area contributed by atoms with Crippen LogP contribution < -0.4 is 0 Å². The van der Waals surface area contributed by atoms with E-state index in [1.54, 1.807) is 0 Å². The first-order valence-corrected chi connectivity index (χ1v) is 9.24. The van der Waals surface area contributed by atoms with Gasteiger partial charge in [0.05, 0.1) is 24.5 Å². The number of aliphatic hydroxyl groups excluding tert-OH is 4. The van der Waals surface area contributed by atoms with Gasteiger partial charge in [-0.3, -0.25) is 9.13 Å².